The fourth-order valence-electron chi connectivity index (χ4n) is 3.08. The van der Waals surface area contributed by atoms with Gasteiger partial charge in [-0.15, -0.1) is 0 Å². The van der Waals surface area contributed by atoms with Gasteiger partial charge in [0, 0.05) is 17.3 Å². The lowest BCUT2D eigenvalue weighted by molar-refractivity contribution is -0.115. The molecule has 3 rings (SSSR count). The molecule has 1 aromatic carbocycles. The van der Waals surface area contributed by atoms with Crippen molar-refractivity contribution in [3.05, 3.63) is 28.3 Å². The molecule has 4 nitrogen and oxygen atoms in total. The second-order valence-electron chi connectivity index (χ2n) is 5.43. The molecule has 0 aliphatic carbocycles. The molecule has 0 spiro atoms. The van der Waals surface area contributed by atoms with E-state index >= 15 is 0 Å². The quantitative estimate of drug-likeness (QED) is 0.901. The van der Waals surface area contributed by atoms with Crippen molar-refractivity contribution >= 4 is 23.2 Å². The van der Waals surface area contributed by atoms with Gasteiger partial charge >= 0.3 is 0 Å². The summed E-state index contributed by atoms with van der Waals surface area (Å²) >= 11 is 6.40. The fraction of sp³-hybridized carbons (Fsp3) is 0.533. The number of anilines is 1. The predicted octanol–water partition coefficient (Wildman–Crippen LogP) is 2.66. The maximum atomic E-state index is 11.5. The smallest absolute Gasteiger partial charge is 0.228 e. The van der Waals surface area contributed by atoms with Crippen LogP contribution in [0.25, 0.3) is 0 Å². The highest BCUT2D eigenvalue weighted by Gasteiger charge is 2.28. The average molecular weight is 295 g/mol. The molecule has 5 heteroatoms. The van der Waals surface area contributed by atoms with E-state index in [9.17, 15) is 4.79 Å². The molecule has 0 radical (unpaired) electrons. The molecule has 0 bridgehead atoms. The third-order valence-corrected chi connectivity index (χ3v) is 4.41. The second-order valence-corrected chi connectivity index (χ2v) is 5.83. The van der Waals surface area contributed by atoms with E-state index in [1.165, 1.54) is 6.42 Å². The number of carbonyl (C=O) groups excluding carboxylic acids is 1. The number of halogens is 1. The summed E-state index contributed by atoms with van der Waals surface area (Å²) < 4.78 is 5.88. The molecule has 1 amide bonds. The highest BCUT2D eigenvalue weighted by atomic mass is 35.5. The van der Waals surface area contributed by atoms with Gasteiger partial charge in [0.1, 0.15) is 0 Å². The van der Waals surface area contributed by atoms with E-state index in [2.05, 4.69) is 10.6 Å². The third-order valence-electron chi connectivity index (χ3n) is 4.08. The van der Waals surface area contributed by atoms with Crippen LogP contribution < -0.4 is 10.6 Å². The Kier molecular flexibility index (Phi) is 3.96. The van der Waals surface area contributed by atoms with Crippen LogP contribution in [0.3, 0.4) is 0 Å². The van der Waals surface area contributed by atoms with Gasteiger partial charge in [-0.3, -0.25) is 4.79 Å². The molecule has 2 aliphatic rings. The lowest BCUT2D eigenvalue weighted by Gasteiger charge is -2.31. The standard InChI is InChI=1S/C15H19ClN2O2/c1-17-15(13-4-2-3-5-20-13)10-6-9-7-14(19)18-12(9)8-11(10)16/h6,8,13,15,17H,2-5,7H2,1H3,(H,18,19). The number of likely N-dealkylation sites (N-methyl/N-ethyl adjacent to an activating group) is 1. The normalized spacial score (nSPS) is 23.3. The molecule has 1 fully saturated rings. The molecule has 20 heavy (non-hydrogen) atoms. The highest BCUT2D eigenvalue weighted by molar-refractivity contribution is 6.32. The molecule has 2 unspecified atom stereocenters. The van der Waals surface area contributed by atoms with Crippen molar-refractivity contribution in [2.45, 2.75) is 37.8 Å². The minimum absolute atomic E-state index is 0.0307. The zero-order valence-corrected chi connectivity index (χ0v) is 12.3. The van der Waals surface area contributed by atoms with E-state index in [1.807, 2.05) is 19.2 Å². The van der Waals surface area contributed by atoms with Gasteiger partial charge in [0.2, 0.25) is 5.91 Å². The van der Waals surface area contributed by atoms with Gasteiger partial charge in [0.05, 0.1) is 18.6 Å². The zero-order valence-electron chi connectivity index (χ0n) is 11.5. The number of carbonyl (C=O) groups is 1. The molecular weight excluding hydrogens is 276 g/mol. The zero-order chi connectivity index (χ0) is 14.1. The molecule has 2 atom stereocenters. The minimum Gasteiger partial charge on any atom is -0.376 e. The van der Waals surface area contributed by atoms with Gasteiger partial charge in [-0.05, 0) is 43.5 Å². The molecular formula is C15H19ClN2O2. The van der Waals surface area contributed by atoms with Crippen molar-refractivity contribution in [2.75, 3.05) is 19.0 Å². The van der Waals surface area contributed by atoms with E-state index in [1.54, 1.807) is 0 Å². The summed E-state index contributed by atoms with van der Waals surface area (Å²) in [5.74, 6) is 0.0307. The first-order valence-corrected chi connectivity index (χ1v) is 7.48. The van der Waals surface area contributed by atoms with Gasteiger partial charge in [-0.25, -0.2) is 0 Å². The van der Waals surface area contributed by atoms with Crippen molar-refractivity contribution < 1.29 is 9.53 Å². The van der Waals surface area contributed by atoms with E-state index in [-0.39, 0.29) is 18.1 Å². The van der Waals surface area contributed by atoms with Crippen LogP contribution in [0.15, 0.2) is 12.1 Å². The number of hydrogen-bond donors (Lipinski definition) is 2. The predicted molar refractivity (Wildman–Crippen MR) is 79.2 cm³/mol. The van der Waals surface area contributed by atoms with E-state index < -0.39 is 0 Å². The first-order chi connectivity index (χ1) is 9.69. The molecule has 108 valence electrons. The number of nitrogens with one attached hydrogen (secondary N) is 2. The van der Waals surface area contributed by atoms with Crippen molar-refractivity contribution in [2.24, 2.45) is 0 Å². The number of hydrogen-bond acceptors (Lipinski definition) is 3. The van der Waals surface area contributed by atoms with E-state index in [0.29, 0.717) is 11.4 Å². The lowest BCUT2D eigenvalue weighted by Crippen LogP contribution is -2.34. The number of ether oxygens (including phenoxy) is 1. The summed E-state index contributed by atoms with van der Waals surface area (Å²) in [4.78, 5) is 11.5. The van der Waals surface area contributed by atoms with Crippen LogP contribution in [-0.2, 0) is 16.0 Å². The van der Waals surface area contributed by atoms with Crippen molar-refractivity contribution in [3.63, 3.8) is 0 Å². The number of amides is 1. The van der Waals surface area contributed by atoms with Crippen LogP contribution in [0.5, 0.6) is 0 Å². The van der Waals surface area contributed by atoms with Gasteiger partial charge in [-0.1, -0.05) is 17.7 Å². The van der Waals surface area contributed by atoms with Crippen LogP contribution in [0.4, 0.5) is 5.69 Å². The molecule has 1 aromatic rings. The number of rotatable bonds is 3. The Morgan fingerprint density at radius 3 is 3.00 bits per heavy atom. The summed E-state index contributed by atoms with van der Waals surface area (Å²) in [6.07, 6.45) is 3.93. The van der Waals surface area contributed by atoms with Crippen molar-refractivity contribution in [1.29, 1.82) is 0 Å². The van der Waals surface area contributed by atoms with Gasteiger partial charge < -0.3 is 15.4 Å². The Labute approximate surface area is 123 Å². The van der Waals surface area contributed by atoms with Crippen LogP contribution in [0.2, 0.25) is 5.02 Å². The van der Waals surface area contributed by atoms with E-state index in [0.717, 1.165) is 36.3 Å². The van der Waals surface area contributed by atoms with Crippen molar-refractivity contribution in [1.82, 2.24) is 5.32 Å². The topological polar surface area (TPSA) is 50.4 Å². The summed E-state index contributed by atoms with van der Waals surface area (Å²) in [6.45, 7) is 0.811. The summed E-state index contributed by atoms with van der Waals surface area (Å²) in [5.41, 5.74) is 2.88. The first kappa shape index (κ1) is 13.9. The largest absolute Gasteiger partial charge is 0.376 e. The van der Waals surface area contributed by atoms with Gasteiger partial charge in [0.15, 0.2) is 0 Å². The number of fused-ring (bicyclic) bond motifs is 1. The summed E-state index contributed by atoms with van der Waals surface area (Å²) in [6, 6.07) is 3.96. The first-order valence-electron chi connectivity index (χ1n) is 7.10. The molecule has 0 aromatic heterocycles. The third kappa shape index (κ3) is 2.55. The SMILES string of the molecule is CNC(c1cc2c(cc1Cl)NC(=O)C2)C1CCCCO1. The molecule has 2 aliphatic heterocycles. The van der Waals surface area contributed by atoms with Crippen LogP contribution in [0, 0.1) is 0 Å². The maximum Gasteiger partial charge on any atom is 0.228 e. The molecule has 2 N–H and O–H groups in total. The highest BCUT2D eigenvalue weighted by Crippen LogP contribution is 2.36. The van der Waals surface area contributed by atoms with Crippen LogP contribution in [0.1, 0.15) is 36.4 Å². The Hall–Kier alpha value is -1.10. The van der Waals surface area contributed by atoms with Crippen LogP contribution >= 0.6 is 11.6 Å². The Morgan fingerprint density at radius 2 is 2.30 bits per heavy atom. The second kappa shape index (κ2) is 5.72. The summed E-state index contributed by atoms with van der Waals surface area (Å²) in [5, 5.41) is 6.82. The maximum absolute atomic E-state index is 11.5. The van der Waals surface area contributed by atoms with E-state index in [4.69, 9.17) is 16.3 Å². The summed E-state index contributed by atoms with van der Waals surface area (Å²) in [7, 11) is 1.93. The lowest BCUT2D eigenvalue weighted by atomic mass is 9.94. The van der Waals surface area contributed by atoms with Crippen LogP contribution in [-0.4, -0.2) is 25.7 Å². The van der Waals surface area contributed by atoms with Gasteiger partial charge in [0.25, 0.3) is 0 Å². The molecule has 1 saturated heterocycles. The fourth-order valence-corrected chi connectivity index (χ4v) is 3.36. The van der Waals surface area contributed by atoms with Gasteiger partial charge in [-0.2, -0.15) is 0 Å². The molecule has 2 heterocycles. The Balaban J connectivity index is 1.91. The average Bonchev–Trinajstić information content (AvgIpc) is 2.80. The molecule has 0 saturated carbocycles. The Bertz CT molecular complexity index is 527. The number of benzene rings is 1. The Morgan fingerprint density at radius 1 is 1.45 bits per heavy atom. The van der Waals surface area contributed by atoms with Crippen molar-refractivity contribution in [3.8, 4) is 0 Å². The minimum atomic E-state index is 0.0307. The monoisotopic (exact) mass is 294 g/mol.